The third kappa shape index (κ3) is 4.43. The van der Waals surface area contributed by atoms with Gasteiger partial charge < -0.3 is 9.64 Å². The number of hydrogen-bond donors (Lipinski definition) is 0. The van der Waals surface area contributed by atoms with Crippen LogP contribution < -0.4 is 4.90 Å². The second-order valence-corrected chi connectivity index (χ2v) is 9.09. The zero-order valence-electron chi connectivity index (χ0n) is 17.4. The first-order valence-electron chi connectivity index (χ1n) is 10.1. The quantitative estimate of drug-likeness (QED) is 0.425. The molecule has 0 aliphatic carbocycles. The molecular formula is C22H25ClN4O2S. The van der Waals surface area contributed by atoms with Crippen molar-refractivity contribution in [3.63, 3.8) is 0 Å². The molecule has 6 nitrogen and oxygen atoms in total. The van der Waals surface area contributed by atoms with Crippen LogP contribution in [-0.2, 0) is 11.3 Å². The zero-order chi connectivity index (χ0) is 21.3. The third-order valence-electron chi connectivity index (χ3n) is 5.19. The van der Waals surface area contributed by atoms with Gasteiger partial charge in [0, 0.05) is 32.7 Å². The molecule has 0 saturated carbocycles. The lowest BCUT2D eigenvalue weighted by Crippen LogP contribution is -2.46. The molecule has 0 amide bonds. The maximum Gasteiger partial charge on any atom is 0.348 e. The fourth-order valence-electron chi connectivity index (χ4n) is 3.74. The predicted molar refractivity (Wildman–Crippen MR) is 122 cm³/mol. The third-order valence-corrected chi connectivity index (χ3v) is 6.53. The highest BCUT2D eigenvalue weighted by atomic mass is 35.5. The Morgan fingerprint density at radius 1 is 1.17 bits per heavy atom. The number of rotatable bonds is 5. The van der Waals surface area contributed by atoms with Crippen LogP contribution in [0.2, 0.25) is 5.28 Å². The van der Waals surface area contributed by atoms with E-state index in [4.69, 9.17) is 16.3 Å². The number of piperazine rings is 1. The van der Waals surface area contributed by atoms with Gasteiger partial charge in [-0.1, -0.05) is 30.3 Å². The SMILES string of the molecule is Cc1c(C(=O)OC(C)C)sc2nc(Cl)nc(N3CCN(Cc4ccccc4)CC3)c12. The number of carbonyl (C=O) groups excluding carboxylic acids is 1. The Morgan fingerprint density at radius 2 is 1.87 bits per heavy atom. The zero-order valence-corrected chi connectivity index (χ0v) is 19.0. The number of halogens is 1. The fraction of sp³-hybridized carbons (Fsp3) is 0.409. The second kappa shape index (κ2) is 8.88. The van der Waals surface area contributed by atoms with Crippen LogP contribution in [0.1, 0.15) is 34.6 Å². The van der Waals surface area contributed by atoms with Gasteiger partial charge in [0.15, 0.2) is 0 Å². The van der Waals surface area contributed by atoms with Gasteiger partial charge in [0.25, 0.3) is 0 Å². The first-order chi connectivity index (χ1) is 14.4. The molecule has 1 aromatic carbocycles. The highest BCUT2D eigenvalue weighted by Gasteiger charge is 2.26. The fourth-order valence-corrected chi connectivity index (χ4v) is 5.02. The number of fused-ring (bicyclic) bond motifs is 1. The highest BCUT2D eigenvalue weighted by molar-refractivity contribution is 7.20. The van der Waals surface area contributed by atoms with Crippen molar-refractivity contribution in [1.82, 2.24) is 14.9 Å². The van der Waals surface area contributed by atoms with Crippen LogP contribution in [0.3, 0.4) is 0 Å². The van der Waals surface area contributed by atoms with Crippen molar-refractivity contribution in [1.29, 1.82) is 0 Å². The van der Waals surface area contributed by atoms with Gasteiger partial charge in [-0.2, -0.15) is 4.98 Å². The number of benzene rings is 1. The molecule has 3 heterocycles. The van der Waals surface area contributed by atoms with Crippen LogP contribution in [0.15, 0.2) is 30.3 Å². The van der Waals surface area contributed by atoms with Gasteiger partial charge in [0.2, 0.25) is 5.28 Å². The Morgan fingerprint density at radius 3 is 2.53 bits per heavy atom. The van der Waals surface area contributed by atoms with E-state index in [-0.39, 0.29) is 17.4 Å². The molecular weight excluding hydrogens is 420 g/mol. The van der Waals surface area contributed by atoms with Crippen molar-refractivity contribution in [2.75, 3.05) is 31.1 Å². The lowest BCUT2D eigenvalue weighted by Gasteiger charge is -2.35. The van der Waals surface area contributed by atoms with Crippen molar-refractivity contribution >= 4 is 44.9 Å². The van der Waals surface area contributed by atoms with Crippen LogP contribution in [-0.4, -0.2) is 53.1 Å². The van der Waals surface area contributed by atoms with E-state index in [1.807, 2.05) is 26.8 Å². The molecule has 1 fully saturated rings. The Kier molecular flexibility index (Phi) is 6.22. The van der Waals surface area contributed by atoms with Crippen LogP contribution in [0, 0.1) is 6.92 Å². The number of esters is 1. The van der Waals surface area contributed by atoms with Crippen molar-refractivity contribution in [2.24, 2.45) is 0 Å². The van der Waals surface area contributed by atoms with Crippen LogP contribution in [0.4, 0.5) is 5.82 Å². The summed E-state index contributed by atoms with van der Waals surface area (Å²) in [7, 11) is 0. The number of aryl methyl sites for hydroxylation is 1. The minimum Gasteiger partial charge on any atom is -0.459 e. The Hall–Kier alpha value is -2.22. The first kappa shape index (κ1) is 21.0. The van der Waals surface area contributed by atoms with Gasteiger partial charge in [0.05, 0.1) is 11.5 Å². The molecule has 0 spiro atoms. The monoisotopic (exact) mass is 444 g/mol. The smallest absolute Gasteiger partial charge is 0.348 e. The molecule has 2 aromatic heterocycles. The minimum atomic E-state index is -0.319. The van der Waals surface area contributed by atoms with E-state index < -0.39 is 0 Å². The normalized spacial score (nSPS) is 15.2. The maximum absolute atomic E-state index is 12.5. The summed E-state index contributed by atoms with van der Waals surface area (Å²) in [6.45, 7) is 10.1. The Bertz CT molecular complexity index is 1050. The van der Waals surface area contributed by atoms with Crippen LogP contribution in [0.25, 0.3) is 10.2 Å². The molecule has 8 heteroatoms. The molecule has 1 aliphatic rings. The summed E-state index contributed by atoms with van der Waals surface area (Å²) in [5.41, 5.74) is 2.18. The van der Waals surface area contributed by atoms with Crippen molar-refractivity contribution in [3.8, 4) is 0 Å². The van der Waals surface area contributed by atoms with Gasteiger partial charge in [0.1, 0.15) is 15.5 Å². The van der Waals surface area contributed by atoms with Crippen LogP contribution >= 0.6 is 22.9 Å². The molecule has 30 heavy (non-hydrogen) atoms. The number of aromatic nitrogens is 2. The summed E-state index contributed by atoms with van der Waals surface area (Å²) in [5.74, 6) is 0.488. The number of anilines is 1. The number of ether oxygens (including phenoxy) is 1. The van der Waals surface area contributed by atoms with E-state index in [0.717, 1.165) is 54.3 Å². The average molecular weight is 445 g/mol. The van der Waals surface area contributed by atoms with Gasteiger partial charge in [-0.25, -0.2) is 9.78 Å². The first-order valence-corrected chi connectivity index (χ1v) is 11.3. The average Bonchev–Trinajstić information content (AvgIpc) is 3.05. The second-order valence-electron chi connectivity index (χ2n) is 7.76. The van der Waals surface area contributed by atoms with Crippen molar-refractivity contribution < 1.29 is 9.53 Å². The number of thiophene rings is 1. The van der Waals surface area contributed by atoms with E-state index in [1.165, 1.54) is 16.9 Å². The largest absolute Gasteiger partial charge is 0.459 e. The molecule has 1 saturated heterocycles. The number of nitrogens with zero attached hydrogens (tertiary/aromatic N) is 4. The van der Waals surface area contributed by atoms with Gasteiger partial charge in [-0.05, 0) is 43.5 Å². The van der Waals surface area contributed by atoms with E-state index in [0.29, 0.717) is 4.88 Å². The Labute approximate surface area is 185 Å². The molecule has 0 N–H and O–H groups in total. The summed E-state index contributed by atoms with van der Waals surface area (Å²) in [6.07, 6.45) is -0.172. The van der Waals surface area contributed by atoms with E-state index >= 15 is 0 Å². The minimum absolute atomic E-state index is 0.172. The molecule has 0 unspecified atom stereocenters. The maximum atomic E-state index is 12.5. The van der Waals surface area contributed by atoms with Gasteiger partial charge >= 0.3 is 5.97 Å². The summed E-state index contributed by atoms with van der Waals surface area (Å²) >= 11 is 7.56. The standard InChI is InChI=1S/C22H25ClN4O2S/c1-14(2)29-21(28)18-15(3)17-19(24-22(23)25-20(17)30-18)27-11-9-26(10-12-27)13-16-7-5-4-6-8-16/h4-8,14H,9-13H2,1-3H3. The lowest BCUT2D eigenvalue weighted by atomic mass is 10.1. The van der Waals surface area contributed by atoms with E-state index in [2.05, 4.69) is 44.0 Å². The lowest BCUT2D eigenvalue weighted by molar-refractivity contribution is 0.0383. The van der Waals surface area contributed by atoms with Crippen LogP contribution in [0.5, 0.6) is 0 Å². The summed E-state index contributed by atoms with van der Waals surface area (Å²) < 4.78 is 5.40. The van der Waals surface area contributed by atoms with Gasteiger partial charge in [-0.15, -0.1) is 11.3 Å². The molecule has 0 bridgehead atoms. The summed E-state index contributed by atoms with van der Waals surface area (Å²) in [6, 6.07) is 10.5. The topological polar surface area (TPSA) is 58.6 Å². The molecule has 0 radical (unpaired) electrons. The molecule has 0 atom stereocenters. The van der Waals surface area contributed by atoms with E-state index in [1.54, 1.807) is 0 Å². The van der Waals surface area contributed by atoms with Crippen molar-refractivity contribution in [2.45, 2.75) is 33.4 Å². The summed E-state index contributed by atoms with van der Waals surface area (Å²) in [5, 5.41) is 1.10. The number of hydrogen-bond acceptors (Lipinski definition) is 7. The molecule has 158 valence electrons. The van der Waals surface area contributed by atoms with Gasteiger partial charge in [-0.3, -0.25) is 4.90 Å². The summed E-state index contributed by atoms with van der Waals surface area (Å²) in [4.78, 5) is 27.4. The molecule has 1 aliphatic heterocycles. The Balaban J connectivity index is 1.57. The van der Waals surface area contributed by atoms with Crippen molar-refractivity contribution in [3.05, 3.63) is 51.6 Å². The number of carbonyl (C=O) groups is 1. The molecule has 4 rings (SSSR count). The molecule has 3 aromatic rings. The predicted octanol–water partition coefficient (Wildman–Crippen LogP) is 4.54. The highest BCUT2D eigenvalue weighted by Crippen LogP contribution is 2.37. The van der Waals surface area contributed by atoms with E-state index in [9.17, 15) is 4.79 Å².